The van der Waals surface area contributed by atoms with Gasteiger partial charge >= 0.3 is 28.4 Å². The van der Waals surface area contributed by atoms with E-state index in [2.05, 4.69) is 31.6 Å². The quantitative estimate of drug-likeness (QED) is 0.0245. The van der Waals surface area contributed by atoms with Gasteiger partial charge in [0.15, 0.2) is 0 Å². The standard InChI is InChI=1S/C18H10F5IN4O.C16H11F4N3O3S.C9H7FINO/c19-12-3-2-11(5-9(12)8-25)28-15(7-16(27-28)18(21,22)23)17(29)26-14-4-1-10(24)6-13(14)20;1-10-2-5-13(6-3-10)27(24,25)26-15(16(18,19)20)23-22-12-4-7-14(17)11(8-12)9-21;1-2-9(13)12-8-4-3-6(11)5-7(8)10/h1-6,15H,7H2,(H,26,29);2-8,22H,1H3;2-5H,1H2,(H,12,13)/b;23-15-;. The Kier molecular flexibility index (Phi) is 18.7. The van der Waals surface area contributed by atoms with Crippen LogP contribution >= 0.6 is 45.2 Å². The molecule has 0 aliphatic carbocycles. The third-order valence-corrected chi connectivity index (χ3v) is 11.1. The molecule has 0 fully saturated rings. The highest BCUT2D eigenvalue weighted by atomic mass is 127. The topological polar surface area (TPSA) is 189 Å². The Morgan fingerprint density at radius 2 is 1.33 bits per heavy atom. The molecule has 1 atom stereocenters. The van der Waals surface area contributed by atoms with E-state index in [4.69, 9.17) is 10.5 Å². The second-order valence-electron chi connectivity index (χ2n) is 13.5. The summed E-state index contributed by atoms with van der Waals surface area (Å²) in [6.45, 7) is 4.94. The van der Waals surface area contributed by atoms with Crippen molar-refractivity contribution >= 4 is 101 Å². The minimum Gasteiger partial charge on any atom is -0.351 e. The van der Waals surface area contributed by atoms with Gasteiger partial charge in [-0.05, 0) is 143 Å². The lowest BCUT2D eigenvalue weighted by Crippen LogP contribution is -2.39. The zero-order chi connectivity index (χ0) is 51.4. The lowest BCUT2D eigenvalue weighted by atomic mass is 10.1. The Labute approximate surface area is 412 Å². The number of rotatable bonds is 9. The number of amides is 2. The average Bonchev–Trinajstić information content (AvgIpc) is 3.75. The fraction of sp³-hybridized carbons (Fsp3) is 0.116. The summed E-state index contributed by atoms with van der Waals surface area (Å²) in [6, 6.07) is 20.8. The number of alkyl halides is 6. The summed E-state index contributed by atoms with van der Waals surface area (Å²) in [4.78, 5) is 23.0. The summed E-state index contributed by atoms with van der Waals surface area (Å²) >= 11 is 3.86. The van der Waals surface area contributed by atoms with Crippen LogP contribution in [0.5, 0.6) is 0 Å². The van der Waals surface area contributed by atoms with Gasteiger partial charge in [0, 0.05) is 13.6 Å². The largest absolute Gasteiger partial charge is 0.471 e. The molecule has 1 aliphatic rings. The van der Waals surface area contributed by atoms with Gasteiger partial charge in [0.25, 0.3) is 0 Å². The van der Waals surface area contributed by atoms with Crippen LogP contribution in [0.2, 0.25) is 0 Å². The van der Waals surface area contributed by atoms with E-state index in [-0.39, 0.29) is 22.7 Å². The van der Waals surface area contributed by atoms with Crippen LogP contribution in [-0.2, 0) is 23.9 Å². The Balaban J connectivity index is 0.000000241. The van der Waals surface area contributed by atoms with E-state index < -0.39 is 97.6 Å². The number of hydrogen-bond acceptors (Lipinski definition) is 11. The maximum absolute atomic E-state index is 14.0. The highest BCUT2D eigenvalue weighted by Crippen LogP contribution is 2.33. The van der Waals surface area contributed by atoms with Crippen molar-refractivity contribution in [2.45, 2.75) is 36.6 Å². The number of carbonyl (C=O) groups is 2. The number of nitriles is 2. The van der Waals surface area contributed by atoms with Gasteiger partial charge in [0.2, 0.25) is 11.8 Å². The number of hydrogen-bond donors (Lipinski definition) is 3. The lowest BCUT2D eigenvalue weighted by molar-refractivity contribution is -0.117. The summed E-state index contributed by atoms with van der Waals surface area (Å²) in [5.41, 5.74) is 0.245. The number of nitrogens with one attached hydrogen (secondary N) is 3. The van der Waals surface area contributed by atoms with Crippen molar-refractivity contribution < 1.29 is 66.1 Å². The van der Waals surface area contributed by atoms with Crippen molar-refractivity contribution in [2.75, 3.05) is 21.1 Å². The predicted octanol–water partition coefficient (Wildman–Crippen LogP) is 10.8. The van der Waals surface area contributed by atoms with Gasteiger partial charge < -0.3 is 14.8 Å². The number of anilines is 4. The Hall–Kier alpha value is -6.79. The van der Waals surface area contributed by atoms with Gasteiger partial charge in [0.1, 0.15) is 52.1 Å². The fourth-order valence-corrected chi connectivity index (χ4v) is 7.04. The van der Waals surface area contributed by atoms with Crippen LogP contribution in [0, 0.1) is 60.0 Å². The highest BCUT2D eigenvalue weighted by molar-refractivity contribution is 14.1. The fourth-order valence-electron chi connectivity index (χ4n) is 5.23. The third kappa shape index (κ3) is 15.6. The van der Waals surface area contributed by atoms with E-state index in [1.807, 2.05) is 50.6 Å². The van der Waals surface area contributed by atoms with Crippen molar-refractivity contribution in [3.8, 4) is 12.1 Å². The zero-order valence-electron chi connectivity index (χ0n) is 34.5. The summed E-state index contributed by atoms with van der Waals surface area (Å²) in [6.07, 6.45) is -9.72. The summed E-state index contributed by atoms with van der Waals surface area (Å²) in [5, 5.41) is 29.4. The number of hydrazone groups is 2. The van der Waals surface area contributed by atoms with E-state index in [1.165, 1.54) is 42.5 Å². The monoisotopic (exact) mass is 1210 g/mol. The number of carbonyl (C=O) groups excluding carboxylic acids is 2. The number of benzene rings is 5. The van der Waals surface area contributed by atoms with Crippen LogP contribution in [0.3, 0.4) is 0 Å². The molecule has 6 rings (SSSR count). The van der Waals surface area contributed by atoms with E-state index in [0.717, 1.165) is 69.3 Å². The molecule has 2 amide bonds. The Morgan fingerprint density at radius 1 is 0.797 bits per heavy atom. The minimum absolute atomic E-state index is 0.0783. The maximum Gasteiger partial charge on any atom is 0.471 e. The van der Waals surface area contributed by atoms with E-state index >= 15 is 0 Å². The molecule has 13 nitrogen and oxygen atoms in total. The van der Waals surface area contributed by atoms with Gasteiger partial charge in [-0.15, -0.1) is 5.10 Å². The summed E-state index contributed by atoms with van der Waals surface area (Å²) in [5.74, 6) is -6.36. The van der Waals surface area contributed by atoms with Crippen LogP contribution in [0.4, 0.5) is 66.7 Å². The molecule has 1 aliphatic heterocycles. The van der Waals surface area contributed by atoms with Crippen LogP contribution < -0.4 is 21.1 Å². The first kappa shape index (κ1) is 54.8. The zero-order valence-corrected chi connectivity index (χ0v) is 39.7. The van der Waals surface area contributed by atoms with Gasteiger partial charge in [-0.1, -0.05) is 24.3 Å². The molecule has 0 saturated heterocycles. The molecular formula is C43H28F10I2N8O5S. The molecule has 3 N–H and O–H groups in total. The number of halogens is 12. The van der Waals surface area contributed by atoms with E-state index in [0.29, 0.717) is 9.13 Å². The molecular weight excluding hydrogens is 1180 g/mol. The molecule has 5 aromatic carbocycles. The Bertz CT molecular complexity index is 3020. The van der Waals surface area contributed by atoms with Crippen LogP contribution in [0.25, 0.3) is 0 Å². The normalized spacial score (nSPS) is 13.5. The first-order valence-electron chi connectivity index (χ1n) is 18.7. The third-order valence-electron chi connectivity index (χ3n) is 8.55. The van der Waals surface area contributed by atoms with Gasteiger partial charge in [-0.25, -0.2) is 17.6 Å². The highest BCUT2D eigenvalue weighted by Gasteiger charge is 2.46. The predicted molar refractivity (Wildman–Crippen MR) is 249 cm³/mol. The first-order valence-corrected chi connectivity index (χ1v) is 22.2. The Morgan fingerprint density at radius 3 is 1.84 bits per heavy atom. The second kappa shape index (κ2) is 23.5. The average molecular weight is 1210 g/mol. The number of aryl methyl sites for hydroxylation is 1. The second-order valence-corrected chi connectivity index (χ2v) is 17.5. The van der Waals surface area contributed by atoms with Crippen molar-refractivity contribution in [2.24, 2.45) is 10.2 Å². The molecule has 360 valence electrons. The van der Waals surface area contributed by atoms with Crippen molar-refractivity contribution in [3.63, 3.8) is 0 Å². The molecule has 0 saturated carbocycles. The lowest BCUT2D eigenvalue weighted by Gasteiger charge is -2.23. The van der Waals surface area contributed by atoms with Crippen LogP contribution in [-0.4, -0.2) is 50.2 Å². The molecule has 5 aromatic rings. The van der Waals surface area contributed by atoms with Crippen molar-refractivity contribution in [3.05, 3.63) is 157 Å². The van der Waals surface area contributed by atoms with Gasteiger partial charge in [0.05, 0.1) is 33.9 Å². The minimum atomic E-state index is -5.23. The van der Waals surface area contributed by atoms with Crippen LogP contribution in [0.1, 0.15) is 23.1 Å². The summed E-state index contributed by atoms with van der Waals surface area (Å²) < 4.78 is 162. The molecule has 0 radical (unpaired) electrons. The molecule has 1 heterocycles. The maximum atomic E-state index is 14.0. The SMILES string of the molecule is C=CC(=O)Nc1ccc(I)cc1F.Cc1ccc(S(=O)(=O)O/C(=N\Nc2ccc(F)c(C#N)c2)C(F)(F)F)cc1.N#Cc1cc(N2N=C(C(F)(F)F)CC2C(=O)Nc2ccc(I)cc2F)ccc1F. The first-order chi connectivity index (χ1) is 32.3. The summed E-state index contributed by atoms with van der Waals surface area (Å²) in [7, 11) is -4.79. The van der Waals surface area contributed by atoms with Crippen molar-refractivity contribution in [1.82, 2.24) is 0 Å². The van der Waals surface area contributed by atoms with Gasteiger partial charge in [-0.3, -0.25) is 20.0 Å². The van der Waals surface area contributed by atoms with Crippen LogP contribution in [0.15, 0.2) is 125 Å². The molecule has 26 heteroatoms. The van der Waals surface area contributed by atoms with E-state index in [9.17, 15) is 61.9 Å². The molecule has 69 heavy (non-hydrogen) atoms. The molecule has 0 aromatic heterocycles. The van der Waals surface area contributed by atoms with Gasteiger partial charge in [-0.2, -0.15) is 50.4 Å². The smallest absolute Gasteiger partial charge is 0.351 e. The molecule has 0 spiro atoms. The molecule has 1 unspecified atom stereocenters. The van der Waals surface area contributed by atoms with Crippen molar-refractivity contribution in [1.29, 1.82) is 10.5 Å². The van der Waals surface area contributed by atoms with E-state index in [1.54, 1.807) is 19.1 Å². The molecule has 0 bridgehead atoms. The number of nitrogens with zero attached hydrogens (tertiary/aromatic N) is 5.